The summed E-state index contributed by atoms with van der Waals surface area (Å²) in [5, 5.41) is 3.25. The molecule has 0 saturated carbocycles. The molecule has 0 bridgehead atoms. The maximum atomic E-state index is 10.8. The van der Waals surface area contributed by atoms with Gasteiger partial charge in [-0.2, -0.15) is 0 Å². The minimum Gasteiger partial charge on any atom is -0.313 e. The van der Waals surface area contributed by atoms with Crippen LogP contribution in [0, 0.1) is 6.92 Å². The van der Waals surface area contributed by atoms with Gasteiger partial charge in [0.25, 0.3) is 0 Å². The summed E-state index contributed by atoms with van der Waals surface area (Å²) in [4.78, 5) is 4.06. The minimum atomic E-state index is -3.06. The van der Waals surface area contributed by atoms with E-state index in [1.54, 1.807) is 6.20 Å². The summed E-state index contributed by atoms with van der Waals surface area (Å²) in [6, 6.07) is 1.97. The van der Waals surface area contributed by atoms with E-state index >= 15 is 0 Å². The van der Waals surface area contributed by atoms with Crippen LogP contribution in [0.3, 0.4) is 0 Å². The number of aromatic nitrogens is 1. The zero-order chi connectivity index (χ0) is 12.7. The van der Waals surface area contributed by atoms with Gasteiger partial charge in [0.1, 0.15) is 0 Å². The molecular weight excluding hydrogens is 238 g/mol. The van der Waals surface area contributed by atoms with Crippen LogP contribution < -0.4 is 10.0 Å². The molecule has 0 aliphatic heterocycles. The summed E-state index contributed by atoms with van der Waals surface area (Å²) in [5.74, 6) is 0. The van der Waals surface area contributed by atoms with Crippen molar-refractivity contribution >= 4 is 10.0 Å². The molecule has 0 amide bonds. The van der Waals surface area contributed by atoms with Crippen molar-refractivity contribution in [3.05, 3.63) is 29.6 Å². The van der Waals surface area contributed by atoms with Gasteiger partial charge in [-0.25, -0.2) is 13.1 Å². The van der Waals surface area contributed by atoms with Crippen LogP contribution in [0.1, 0.15) is 17.5 Å². The van der Waals surface area contributed by atoms with Gasteiger partial charge in [-0.15, -0.1) is 0 Å². The lowest BCUT2D eigenvalue weighted by Gasteiger charge is -2.07. The summed E-state index contributed by atoms with van der Waals surface area (Å²) >= 11 is 0. The molecule has 1 aromatic rings. The van der Waals surface area contributed by atoms with E-state index in [2.05, 4.69) is 15.0 Å². The standard InChI is InChI=1S/C11H19N3O2S/c1-10-4-7-13-9-11(10)8-12-5-3-6-14-17(2,15)16/h4,7,9,12,14H,3,5-6,8H2,1-2H3. The van der Waals surface area contributed by atoms with Gasteiger partial charge in [0.2, 0.25) is 10.0 Å². The van der Waals surface area contributed by atoms with Crippen molar-refractivity contribution < 1.29 is 8.42 Å². The lowest BCUT2D eigenvalue weighted by Crippen LogP contribution is -2.26. The topological polar surface area (TPSA) is 71.1 Å². The smallest absolute Gasteiger partial charge is 0.208 e. The maximum Gasteiger partial charge on any atom is 0.208 e. The molecule has 5 nitrogen and oxygen atoms in total. The summed E-state index contributed by atoms with van der Waals surface area (Å²) in [5.41, 5.74) is 2.38. The molecule has 17 heavy (non-hydrogen) atoms. The van der Waals surface area contributed by atoms with E-state index in [9.17, 15) is 8.42 Å². The third kappa shape index (κ3) is 6.35. The van der Waals surface area contributed by atoms with Gasteiger partial charge >= 0.3 is 0 Å². The Hall–Kier alpha value is -0.980. The SMILES string of the molecule is Cc1ccncc1CNCCCNS(C)(=O)=O. The van der Waals surface area contributed by atoms with E-state index in [0.717, 1.165) is 19.5 Å². The molecule has 0 aromatic carbocycles. The molecule has 1 heterocycles. The molecule has 0 saturated heterocycles. The molecule has 0 spiro atoms. The zero-order valence-electron chi connectivity index (χ0n) is 10.2. The number of rotatable bonds is 7. The van der Waals surface area contributed by atoms with Gasteiger partial charge in [0.15, 0.2) is 0 Å². The highest BCUT2D eigenvalue weighted by Gasteiger charge is 1.99. The Balaban J connectivity index is 2.15. The fourth-order valence-electron chi connectivity index (χ4n) is 1.38. The zero-order valence-corrected chi connectivity index (χ0v) is 11.0. The Morgan fingerprint density at radius 2 is 2.12 bits per heavy atom. The van der Waals surface area contributed by atoms with Crippen LogP contribution in [0.25, 0.3) is 0 Å². The number of nitrogens with zero attached hydrogens (tertiary/aromatic N) is 1. The normalized spacial score (nSPS) is 11.6. The Kier molecular flexibility index (Phi) is 5.54. The van der Waals surface area contributed by atoms with Crippen molar-refractivity contribution in [2.75, 3.05) is 19.3 Å². The van der Waals surface area contributed by atoms with Gasteiger partial charge in [-0.3, -0.25) is 4.98 Å². The number of aryl methyl sites for hydroxylation is 1. The second kappa shape index (κ2) is 6.68. The van der Waals surface area contributed by atoms with E-state index in [0.29, 0.717) is 6.54 Å². The molecule has 0 atom stereocenters. The third-order valence-corrected chi connectivity index (χ3v) is 3.09. The van der Waals surface area contributed by atoms with E-state index in [-0.39, 0.29) is 0 Å². The predicted molar refractivity (Wildman–Crippen MR) is 68.1 cm³/mol. The molecule has 0 fully saturated rings. The van der Waals surface area contributed by atoms with Crippen molar-refractivity contribution in [1.82, 2.24) is 15.0 Å². The molecule has 6 heteroatoms. The van der Waals surface area contributed by atoms with Gasteiger partial charge in [0, 0.05) is 25.5 Å². The molecule has 0 aliphatic carbocycles. The number of nitrogens with one attached hydrogen (secondary N) is 2. The number of hydrogen-bond donors (Lipinski definition) is 2. The Morgan fingerprint density at radius 1 is 1.35 bits per heavy atom. The van der Waals surface area contributed by atoms with Crippen LogP contribution >= 0.6 is 0 Å². The van der Waals surface area contributed by atoms with Gasteiger partial charge in [-0.1, -0.05) is 0 Å². The van der Waals surface area contributed by atoms with E-state index < -0.39 is 10.0 Å². The summed E-state index contributed by atoms with van der Waals surface area (Å²) in [6.45, 7) is 4.05. The van der Waals surface area contributed by atoms with Crippen LogP contribution in [-0.4, -0.2) is 32.7 Å². The average Bonchev–Trinajstić information content (AvgIpc) is 2.24. The van der Waals surface area contributed by atoms with Gasteiger partial charge in [0.05, 0.1) is 6.26 Å². The Bertz CT molecular complexity index is 446. The lowest BCUT2D eigenvalue weighted by atomic mass is 10.1. The Labute approximate surface area is 103 Å². The number of sulfonamides is 1. The van der Waals surface area contributed by atoms with Gasteiger partial charge in [-0.05, 0) is 37.1 Å². The first-order valence-electron chi connectivity index (χ1n) is 5.54. The van der Waals surface area contributed by atoms with Crippen LogP contribution in [0.4, 0.5) is 0 Å². The fourth-order valence-corrected chi connectivity index (χ4v) is 1.89. The largest absolute Gasteiger partial charge is 0.313 e. The van der Waals surface area contributed by atoms with Crippen molar-refractivity contribution in [2.45, 2.75) is 19.9 Å². The van der Waals surface area contributed by atoms with Crippen LogP contribution in [0.2, 0.25) is 0 Å². The summed E-state index contributed by atoms with van der Waals surface area (Å²) < 4.78 is 24.0. The molecule has 1 rings (SSSR count). The minimum absolute atomic E-state index is 0.470. The van der Waals surface area contributed by atoms with Crippen LogP contribution in [0.5, 0.6) is 0 Å². The molecule has 0 aliphatic rings. The fraction of sp³-hybridized carbons (Fsp3) is 0.545. The quantitative estimate of drug-likeness (QED) is 0.694. The highest BCUT2D eigenvalue weighted by atomic mass is 32.2. The molecular formula is C11H19N3O2S. The van der Waals surface area contributed by atoms with E-state index in [1.807, 2.05) is 19.2 Å². The number of pyridine rings is 1. The first kappa shape index (κ1) is 14.1. The highest BCUT2D eigenvalue weighted by molar-refractivity contribution is 7.88. The molecule has 0 radical (unpaired) electrons. The summed E-state index contributed by atoms with van der Waals surface area (Å²) in [6.07, 6.45) is 5.55. The molecule has 2 N–H and O–H groups in total. The van der Waals surface area contributed by atoms with Crippen molar-refractivity contribution in [1.29, 1.82) is 0 Å². The Morgan fingerprint density at radius 3 is 2.76 bits per heavy atom. The second-order valence-corrected chi connectivity index (χ2v) is 5.83. The lowest BCUT2D eigenvalue weighted by molar-refractivity contribution is 0.579. The number of hydrogen-bond acceptors (Lipinski definition) is 4. The first-order chi connectivity index (χ1) is 7.99. The average molecular weight is 257 g/mol. The van der Waals surface area contributed by atoms with Crippen LogP contribution in [0.15, 0.2) is 18.5 Å². The maximum absolute atomic E-state index is 10.8. The molecule has 0 unspecified atom stereocenters. The summed E-state index contributed by atoms with van der Waals surface area (Å²) in [7, 11) is -3.06. The van der Waals surface area contributed by atoms with Crippen molar-refractivity contribution in [3.8, 4) is 0 Å². The third-order valence-electron chi connectivity index (χ3n) is 2.36. The monoisotopic (exact) mass is 257 g/mol. The first-order valence-corrected chi connectivity index (χ1v) is 7.43. The second-order valence-electron chi connectivity index (χ2n) is 4.00. The van der Waals surface area contributed by atoms with E-state index in [1.165, 1.54) is 17.4 Å². The molecule has 96 valence electrons. The highest BCUT2D eigenvalue weighted by Crippen LogP contribution is 2.03. The van der Waals surface area contributed by atoms with Crippen molar-refractivity contribution in [3.63, 3.8) is 0 Å². The van der Waals surface area contributed by atoms with E-state index in [4.69, 9.17) is 0 Å². The van der Waals surface area contributed by atoms with Crippen molar-refractivity contribution in [2.24, 2.45) is 0 Å². The van der Waals surface area contributed by atoms with Gasteiger partial charge < -0.3 is 5.32 Å². The van der Waals surface area contributed by atoms with Crippen LogP contribution in [-0.2, 0) is 16.6 Å². The molecule has 1 aromatic heterocycles. The predicted octanol–water partition coefficient (Wildman–Crippen LogP) is 0.419.